The van der Waals surface area contributed by atoms with E-state index in [0.29, 0.717) is 23.6 Å². The van der Waals surface area contributed by atoms with Gasteiger partial charge in [0, 0.05) is 6.54 Å². The predicted molar refractivity (Wildman–Crippen MR) is 85.5 cm³/mol. The number of aliphatic hydroxyl groups is 1. The molecular weight excluding hydrogens is 286 g/mol. The Balaban J connectivity index is 2.18. The van der Waals surface area contributed by atoms with Crippen molar-refractivity contribution in [3.63, 3.8) is 0 Å². The second-order valence-electron chi connectivity index (χ2n) is 4.95. The Hall–Kier alpha value is -1.84. The number of hydrogen-bond acceptors (Lipinski definition) is 2. The van der Waals surface area contributed by atoms with Gasteiger partial charge < -0.3 is 10.4 Å². The summed E-state index contributed by atoms with van der Waals surface area (Å²) in [6.45, 7) is 2.11. The molecule has 0 fully saturated rings. The van der Waals surface area contributed by atoms with Gasteiger partial charge in [-0.1, -0.05) is 48.0 Å². The first-order valence-electron chi connectivity index (χ1n) is 6.89. The number of carbonyl (C=O) groups excluding carboxylic acids is 1. The van der Waals surface area contributed by atoms with Crippen molar-refractivity contribution in [2.45, 2.75) is 19.4 Å². The summed E-state index contributed by atoms with van der Waals surface area (Å²) in [6, 6.07) is 15.2. The van der Waals surface area contributed by atoms with Crippen molar-refractivity contribution in [3.05, 3.63) is 59.1 Å². The minimum Gasteiger partial charge on any atom is -0.393 e. The average Bonchev–Trinajstić information content (AvgIpc) is 2.48. The Morgan fingerprint density at radius 1 is 1.19 bits per heavy atom. The van der Waals surface area contributed by atoms with Crippen molar-refractivity contribution in [2.24, 2.45) is 0 Å². The van der Waals surface area contributed by atoms with Gasteiger partial charge in [0.1, 0.15) is 0 Å². The Bertz CT molecular complexity index is 611. The van der Waals surface area contributed by atoms with E-state index in [1.807, 2.05) is 36.4 Å². The van der Waals surface area contributed by atoms with Crippen LogP contribution in [0.2, 0.25) is 5.02 Å². The molecule has 0 aromatic heterocycles. The molecule has 2 N–H and O–H groups in total. The zero-order chi connectivity index (χ0) is 15.2. The molecule has 0 aliphatic carbocycles. The molecule has 21 heavy (non-hydrogen) atoms. The van der Waals surface area contributed by atoms with Gasteiger partial charge in [-0.05, 0) is 36.6 Å². The number of halogens is 1. The van der Waals surface area contributed by atoms with Crippen molar-refractivity contribution >= 4 is 17.5 Å². The molecule has 0 heterocycles. The lowest BCUT2D eigenvalue weighted by atomic mass is 10.0. The summed E-state index contributed by atoms with van der Waals surface area (Å²) in [6.07, 6.45) is 0.0817. The molecule has 1 unspecified atom stereocenters. The van der Waals surface area contributed by atoms with Gasteiger partial charge in [-0.3, -0.25) is 4.79 Å². The average molecular weight is 304 g/mol. The quantitative estimate of drug-likeness (QED) is 0.888. The van der Waals surface area contributed by atoms with Gasteiger partial charge in [-0.15, -0.1) is 0 Å². The van der Waals surface area contributed by atoms with Crippen LogP contribution in [0.1, 0.15) is 23.7 Å². The number of hydrogen-bond donors (Lipinski definition) is 2. The van der Waals surface area contributed by atoms with E-state index < -0.39 is 6.10 Å². The summed E-state index contributed by atoms with van der Waals surface area (Å²) in [5.41, 5.74) is 2.43. The summed E-state index contributed by atoms with van der Waals surface area (Å²) >= 11 is 6.11. The van der Waals surface area contributed by atoms with Crippen LogP contribution in [-0.4, -0.2) is 23.7 Å². The van der Waals surface area contributed by atoms with Crippen LogP contribution in [0, 0.1) is 0 Å². The molecule has 0 spiro atoms. The van der Waals surface area contributed by atoms with E-state index >= 15 is 0 Å². The normalized spacial score (nSPS) is 12.0. The summed E-state index contributed by atoms with van der Waals surface area (Å²) < 4.78 is 0. The summed E-state index contributed by atoms with van der Waals surface area (Å²) in [7, 11) is 0. The third kappa shape index (κ3) is 4.31. The minimum absolute atomic E-state index is 0.224. The van der Waals surface area contributed by atoms with Crippen molar-refractivity contribution in [1.82, 2.24) is 5.32 Å². The predicted octanol–water partition coefficient (Wildman–Crippen LogP) is 3.51. The van der Waals surface area contributed by atoms with Crippen LogP contribution in [0.25, 0.3) is 11.1 Å². The minimum atomic E-state index is -0.434. The lowest BCUT2D eigenvalue weighted by Crippen LogP contribution is -2.26. The number of benzene rings is 2. The van der Waals surface area contributed by atoms with E-state index in [4.69, 9.17) is 11.6 Å². The van der Waals surface area contributed by atoms with Crippen LogP contribution < -0.4 is 5.32 Å². The summed E-state index contributed by atoms with van der Waals surface area (Å²) in [5.74, 6) is -0.224. The van der Waals surface area contributed by atoms with E-state index in [2.05, 4.69) is 5.32 Å². The van der Waals surface area contributed by atoms with Gasteiger partial charge in [-0.25, -0.2) is 0 Å². The van der Waals surface area contributed by atoms with Crippen LogP contribution in [0.15, 0.2) is 48.5 Å². The van der Waals surface area contributed by atoms with Crippen LogP contribution >= 0.6 is 11.6 Å². The molecule has 0 aliphatic heterocycles. The molecule has 2 aromatic rings. The molecule has 0 saturated heterocycles. The highest BCUT2D eigenvalue weighted by Crippen LogP contribution is 2.25. The summed E-state index contributed by atoms with van der Waals surface area (Å²) in [5, 5.41) is 12.4. The van der Waals surface area contributed by atoms with E-state index in [1.54, 1.807) is 19.1 Å². The monoisotopic (exact) mass is 303 g/mol. The first kappa shape index (κ1) is 15.5. The van der Waals surface area contributed by atoms with Gasteiger partial charge >= 0.3 is 0 Å². The second kappa shape index (κ2) is 7.25. The number of nitrogens with one attached hydrogen (secondary N) is 1. The third-order valence-electron chi connectivity index (χ3n) is 3.17. The lowest BCUT2D eigenvalue weighted by molar-refractivity contribution is 0.0946. The molecule has 2 rings (SSSR count). The first-order chi connectivity index (χ1) is 10.1. The molecule has 1 atom stereocenters. The molecule has 1 amide bonds. The van der Waals surface area contributed by atoms with Crippen molar-refractivity contribution in [3.8, 4) is 11.1 Å². The fourth-order valence-corrected chi connectivity index (χ4v) is 2.20. The fraction of sp³-hybridized carbons (Fsp3) is 0.235. The van der Waals surface area contributed by atoms with Crippen molar-refractivity contribution in [1.29, 1.82) is 0 Å². The smallest absolute Gasteiger partial charge is 0.252 e. The van der Waals surface area contributed by atoms with Gasteiger partial charge in [-0.2, -0.15) is 0 Å². The Labute approximate surface area is 129 Å². The molecule has 110 valence electrons. The largest absolute Gasteiger partial charge is 0.393 e. The van der Waals surface area contributed by atoms with Gasteiger partial charge in [0.05, 0.1) is 16.7 Å². The molecule has 0 saturated carbocycles. The van der Waals surface area contributed by atoms with Gasteiger partial charge in [0.2, 0.25) is 0 Å². The van der Waals surface area contributed by atoms with Crippen LogP contribution in [0.5, 0.6) is 0 Å². The zero-order valence-corrected chi connectivity index (χ0v) is 12.6. The van der Waals surface area contributed by atoms with Crippen molar-refractivity contribution in [2.75, 3.05) is 6.54 Å². The fourth-order valence-electron chi connectivity index (χ4n) is 2.00. The van der Waals surface area contributed by atoms with Gasteiger partial charge in [0.25, 0.3) is 5.91 Å². The molecular formula is C17H18ClNO2. The van der Waals surface area contributed by atoms with E-state index in [-0.39, 0.29) is 5.91 Å². The second-order valence-corrected chi connectivity index (χ2v) is 5.36. The highest BCUT2D eigenvalue weighted by atomic mass is 35.5. The Morgan fingerprint density at radius 3 is 2.57 bits per heavy atom. The Kier molecular flexibility index (Phi) is 5.37. The number of rotatable bonds is 5. The molecule has 0 aliphatic rings. The van der Waals surface area contributed by atoms with E-state index in [1.165, 1.54) is 0 Å². The number of amides is 1. The number of aliphatic hydroxyl groups excluding tert-OH is 1. The highest BCUT2D eigenvalue weighted by molar-refractivity contribution is 6.34. The molecule has 2 aromatic carbocycles. The number of carbonyl (C=O) groups is 1. The molecule has 3 nitrogen and oxygen atoms in total. The molecule has 0 radical (unpaired) electrons. The third-order valence-corrected chi connectivity index (χ3v) is 3.50. The summed E-state index contributed by atoms with van der Waals surface area (Å²) in [4.78, 5) is 12.2. The first-order valence-corrected chi connectivity index (χ1v) is 7.27. The SMILES string of the molecule is CC(O)CCNC(=O)c1cc(-c2ccccc2)ccc1Cl. The topological polar surface area (TPSA) is 49.3 Å². The maximum atomic E-state index is 12.2. The van der Waals surface area contributed by atoms with Crippen LogP contribution in [0.3, 0.4) is 0 Å². The zero-order valence-electron chi connectivity index (χ0n) is 11.8. The standard InChI is InChI=1S/C17H18ClNO2/c1-12(20)9-10-19-17(21)15-11-14(7-8-16(15)18)13-5-3-2-4-6-13/h2-8,11-12,20H,9-10H2,1H3,(H,19,21). The maximum absolute atomic E-state index is 12.2. The lowest BCUT2D eigenvalue weighted by Gasteiger charge is -2.10. The highest BCUT2D eigenvalue weighted by Gasteiger charge is 2.11. The Morgan fingerprint density at radius 2 is 1.90 bits per heavy atom. The van der Waals surface area contributed by atoms with Crippen LogP contribution in [-0.2, 0) is 0 Å². The van der Waals surface area contributed by atoms with Crippen LogP contribution in [0.4, 0.5) is 0 Å². The molecule has 0 bridgehead atoms. The van der Waals surface area contributed by atoms with Gasteiger partial charge in [0.15, 0.2) is 0 Å². The maximum Gasteiger partial charge on any atom is 0.252 e. The molecule has 4 heteroatoms. The van der Waals surface area contributed by atoms with E-state index in [0.717, 1.165) is 11.1 Å². The van der Waals surface area contributed by atoms with Crippen molar-refractivity contribution < 1.29 is 9.90 Å². The van der Waals surface area contributed by atoms with E-state index in [9.17, 15) is 9.90 Å².